The number of benzene rings is 1. The molecule has 0 saturated carbocycles. The number of rotatable bonds is 9. The van der Waals surface area contributed by atoms with Crippen LogP contribution < -0.4 is 11.0 Å². The lowest BCUT2D eigenvalue weighted by Gasteiger charge is -2.49. The maximum absolute atomic E-state index is 12.9. The van der Waals surface area contributed by atoms with Gasteiger partial charge in [-0.05, 0) is 23.8 Å². The molecule has 3 aromatic rings. The number of hydrogen-bond acceptors (Lipinski definition) is 11. The monoisotopic (exact) mass is 588 g/mol. The number of hydrogen-bond donors (Lipinski definition) is 5. The van der Waals surface area contributed by atoms with Crippen LogP contribution in [0.5, 0.6) is 5.75 Å². The average Bonchev–Trinajstić information content (AvgIpc) is 3.23. The predicted octanol–water partition coefficient (Wildman–Crippen LogP) is -0.754. The van der Waals surface area contributed by atoms with Crippen LogP contribution >= 0.6 is 23.5 Å². The molecule has 0 radical (unpaired) electrons. The first-order valence-electron chi connectivity index (χ1n) is 11.5. The van der Waals surface area contributed by atoms with Crippen molar-refractivity contribution in [1.82, 2.24) is 29.6 Å². The molecule has 2 amide bonds. The Morgan fingerprint density at radius 2 is 1.88 bits per heavy atom. The van der Waals surface area contributed by atoms with Gasteiger partial charge in [0.2, 0.25) is 0 Å². The fourth-order valence-corrected chi connectivity index (χ4v) is 6.59. The largest absolute Gasteiger partial charge is 0.508 e. The summed E-state index contributed by atoms with van der Waals surface area (Å²) in [6.07, 6.45) is -1.73. The van der Waals surface area contributed by atoms with Crippen LogP contribution in [0.15, 0.2) is 57.5 Å². The third-order valence-electron chi connectivity index (χ3n) is 6.12. The summed E-state index contributed by atoms with van der Waals surface area (Å²) >= 11 is 2.35. The number of para-hydroxylation sites is 1. The maximum atomic E-state index is 12.9. The number of carbonyl (C=O) groups excluding carboxylic acids is 2. The summed E-state index contributed by atoms with van der Waals surface area (Å²) in [5, 5.41) is 49.2. The predicted molar refractivity (Wildman–Crippen MR) is 138 cm³/mol. The third kappa shape index (κ3) is 4.89. The lowest BCUT2D eigenvalue weighted by Crippen LogP contribution is -2.70. The fourth-order valence-electron chi connectivity index (χ4n) is 4.25. The molecule has 40 heavy (non-hydrogen) atoms. The van der Waals surface area contributed by atoms with Crippen LogP contribution in [0.1, 0.15) is 11.7 Å². The number of aliphatic carboxylic acids is 2. The molecule has 15 nitrogen and oxygen atoms in total. The number of aliphatic hydroxyl groups excluding tert-OH is 1. The summed E-state index contributed by atoms with van der Waals surface area (Å²) < 4.78 is 1.70. The maximum Gasteiger partial charge on any atom is 0.367 e. The van der Waals surface area contributed by atoms with Crippen molar-refractivity contribution in [1.29, 1.82) is 0 Å². The minimum atomic E-state index is -1.73. The number of carboxylic acids is 2. The number of thioether (sulfide) groups is 2. The molecule has 1 saturated heterocycles. The molecule has 4 heterocycles. The number of aliphatic hydroxyl groups is 1. The molecule has 2 aliphatic heterocycles. The second kappa shape index (κ2) is 10.7. The topological polar surface area (TPSA) is 217 Å². The van der Waals surface area contributed by atoms with Gasteiger partial charge in [0.1, 0.15) is 34.4 Å². The number of β-lactam (4-membered cyclic amide) rings is 1. The highest BCUT2D eigenvalue weighted by Gasteiger charge is 2.54. The van der Waals surface area contributed by atoms with E-state index in [4.69, 9.17) is 5.11 Å². The van der Waals surface area contributed by atoms with Gasteiger partial charge in [-0.25, -0.2) is 9.59 Å². The number of phenols is 1. The Morgan fingerprint density at radius 3 is 2.58 bits per heavy atom. The van der Waals surface area contributed by atoms with Crippen LogP contribution in [0.2, 0.25) is 0 Å². The van der Waals surface area contributed by atoms with E-state index in [9.17, 15) is 39.3 Å². The molecular weight excluding hydrogens is 568 g/mol. The number of carboxylic acid groups (broad SMARTS) is 2. The Morgan fingerprint density at radius 1 is 1.12 bits per heavy atom. The molecule has 5 N–H and O–H groups in total. The van der Waals surface area contributed by atoms with Gasteiger partial charge in [-0.1, -0.05) is 18.2 Å². The van der Waals surface area contributed by atoms with E-state index in [1.807, 2.05) is 0 Å². The van der Waals surface area contributed by atoms with Crippen molar-refractivity contribution in [2.24, 2.45) is 0 Å². The molecule has 1 unspecified atom stereocenters. The summed E-state index contributed by atoms with van der Waals surface area (Å²) in [6.45, 7) is -0.628. The Kier molecular flexibility index (Phi) is 7.26. The van der Waals surface area contributed by atoms with Gasteiger partial charge in [-0.3, -0.25) is 19.3 Å². The first-order valence-corrected chi connectivity index (χ1v) is 13.6. The lowest BCUT2D eigenvalue weighted by atomic mass is 10.0. The van der Waals surface area contributed by atoms with Crippen molar-refractivity contribution in [3.05, 3.63) is 63.7 Å². The zero-order chi connectivity index (χ0) is 28.7. The van der Waals surface area contributed by atoms with Gasteiger partial charge in [-0.2, -0.15) is 14.3 Å². The van der Waals surface area contributed by atoms with Crippen LogP contribution in [-0.4, -0.2) is 91.4 Å². The molecule has 3 atom stereocenters. The van der Waals surface area contributed by atoms with Crippen LogP contribution in [0.4, 0.5) is 0 Å². The van der Waals surface area contributed by atoms with Crippen molar-refractivity contribution in [2.75, 3.05) is 11.5 Å². The van der Waals surface area contributed by atoms with Gasteiger partial charge in [0, 0.05) is 17.1 Å². The van der Waals surface area contributed by atoms with Gasteiger partial charge in [0.15, 0.2) is 11.8 Å². The Labute approximate surface area is 232 Å². The molecule has 0 aliphatic carbocycles. The van der Waals surface area contributed by atoms with Crippen molar-refractivity contribution in [3.63, 3.8) is 0 Å². The van der Waals surface area contributed by atoms with E-state index in [0.29, 0.717) is 10.6 Å². The first kappa shape index (κ1) is 27.2. The molecule has 17 heteroatoms. The minimum Gasteiger partial charge on any atom is -0.508 e. The molecule has 1 aromatic carbocycles. The number of aromatic nitrogens is 4. The molecular formula is C23H20N6O9S2. The van der Waals surface area contributed by atoms with Gasteiger partial charge in [-0.15, -0.1) is 28.6 Å². The third-order valence-corrected chi connectivity index (χ3v) is 8.47. The number of nitrogens with zero attached hydrogens (tertiary/aromatic N) is 5. The van der Waals surface area contributed by atoms with Gasteiger partial charge in [0.25, 0.3) is 11.8 Å². The standard InChI is InChI=1S/C23H20N6O9S2/c30-12-4-2-1-3-11(12)18(33)19(34)24-16-20(35)28-17(22(36)37)10(9-40-21(16)28)8-39-14-6-5-13-25-27(7-15(31)32)23(38)29(13)26-14/h1-6,16,18,21,30,33H,7-9H2,(H,24,34)(H,31,32)(H,36,37)/t16?,18-,21-/m1/s1. The molecule has 0 bridgehead atoms. The molecule has 1 fully saturated rings. The number of fused-ring (bicyclic) bond motifs is 2. The highest BCUT2D eigenvalue weighted by Crippen LogP contribution is 2.41. The zero-order valence-corrected chi connectivity index (χ0v) is 21.8. The quantitative estimate of drug-likeness (QED) is 0.154. The SMILES string of the molecule is O=C(O)Cn1nc2ccc(SCC3=C(C(=O)O)N4C(=O)C(NC(=O)[C@H](O)c5ccccc5O)[C@H]4SC3)nn2c1=O. The Balaban J connectivity index is 1.29. The van der Waals surface area contributed by atoms with Crippen LogP contribution in [0.25, 0.3) is 5.65 Å². The first-order chi connectivity index (χ1) is 19.1. The van der Waals surface area contributed by atoms with Gasteiger partial charge >= 0.3 is 17.6 Å². The second-order valence-electron chi connectivity index (χ2n) is 8.68. The van der Waals surface area contributed by atoms with E-state index < -0.39 is 53.5 Å². The fraction of sp³-hybridized carbons (Fsp3) is 0.261. The highest BCUT2D eigenvalue weighted by molar-refractivity contribution is 8.01. The van der Waals surface area contributed by atoms with Crippen molar-refractivity contribution < 1.29 is 39.6 Å². The van der Waals surface area contributed by atoms with E-state index in [1.54, 1.807) is 6.07 Å². The normalized spacial score (nSPS) is 19.2. The summed E-state index contributed by atoms with van der Waals surface area (Å²) in [7, 11) is 0. The molecule has 2 aromatic heterocycles. The number of phenolic OH excluding ortho intramolecular Hbond substituents is 1. The van der Waals surface area contributed by atoms with Crippen LogP contribution in [0, 0.1) is 0 Å². The van der Waals surface area contributed by atoms with E-state index in [-0.39, 0.29) is 34.2 Å². The lowest BCUT2D eigenvalue weighted by molar-refractivity contribution is -0.151. The molecule has 2 aliphatic rings. The molecule has 5 rings (SSSR count). The van der Waals surface area contributed by atoms with E-state index in [0.717, 1.165) is 25.9 Å². The van der Waals surface area contributed by atoms with Crippen molar-refractivity contribution in [3.8, 4) is 5.75 Å². The van der Waals surface area contributed by atoms with E-state index in [1.165, 1.54) is 42.1 Å². The van der Waals surface area contributed by atoms with Gasteiger partial charge in [0.05, 0.1) is 0 Å². The molecule has 208 valence electrons. The number of aromatic hydroxyl groups is 1. The summed E-state index contributed by atoms with van der Waals surface area (Å²) in [4.78, 5) is 62.0. The van der Waals surface area contributed by atoms with Crippen LogP contribution in [0.3, 0.4) is 0 Å². The summed E-state index contributed by atoms with van der Waals surface area (Å²) in [5.41, 5.74) is -0.437. The number of amides is 2. The summed E-state index contributed by atoms with van der Waals surface area (Å²) in [6, 6.07) is 7.68. The summed E-state index contributed by atoms with van der Waals surface area (Å²) in [5.74, 6) is -4.10. The average molecular weight is 589 g/mol. The minimum absolute atomic E-state index is 0.0337. The smallest absolute Gasteiger partial charge is 0.367 e. The van der Waals surface area contributed by atoms with Crippen LogP contribution in [-0.2, 0) is 25.7 Å². The van der Waals surface area contributed by atoms with E-state index in [2.05, 4.69) is 15.5 Å². The Hall–Kier alpha value is -4.35. The van der Waals surface area contributed by atoms with Crippen molar-refractivity contribution in [2.45, 2.75) is 29.1 Å². The molecule has 0 spiro atoms. The number of nitrogens with one attached hydrogen (secondary N) is 1. The van der Waals surface area contributed by atoms with Crippen molar-refractivity contribution >= 4 is 52.9 Å². The number of carbonyl (C=O) groups is 4. The second-order valence-corrected chi connectivity index (χ2v) is 10.8. The van der Waals surface area contributed by atoms with E-state index >= 15 is 0 Å². The zero-order valence-electron chi connectivity index (χ0n) is 20.2. The van der Waals surface area contributed by atoms with Gasteiger partial charge < -0.3 is 25.7 Å². The Bertz CT molecular complexity index is 1650. The highest BCUT2D eigenvalue weighted by atomic mass is 32.2.